The second-order valence-electron chi connectivity index (χ2n) is 8.55. The Morgan fingerprint density at radius 1 is 0.879 bits per heavy atom. The SMILES string of the molecule is Cc1ccc(S(=O)(=O)N2CCCC2C(=O)N2CCN(S(=O)(=O)Cc3ccccc3)CC2)cc1. The van der Waals surface area contributed by atoms with E-state index in [1.54, 1.807) is 53.4 Å². The molecule has 2 aromatic rings. The van der Waals surface area contributed by atoms with Crippen LogP contribution < -0.4 is 0 Å². The summed E-state index contributed by atoms with van der Waals surface area (Å²) < 4.78 is 54.6. The van der Waals surface area contributed by atoms with E-state index in [1.807, 2.05) is 13.0 Å². The third-order valence-electron chi connectivity index (χ3n) is 6.25. The molecule has 178 valence electrons. The van der Waals surface area contributed by atoms with Gasteiger partial charge in [0.2, 0.25) is 26.0 Å². The number of amides is 1. The highest BCUT2D eigenvalue weighted by molar-refractivity contribution is 7.89. The summed E-state index contributed by atoms with van der Waals surface area (Å²) in [6, 6.07) is 14.9. The van der Waals surface area contributed by atoms with Crippen molar-refractivity contribution >= 4 is 26.0 Å². The van der Waals surface area contributed by atoms with Crippen molar-refractivity contribution < 1.29 is 21.6 Å². The van der Waals surface area contributed by atoms with Gasteiger partial charge in [-0.05, 0) is 37.5 Å². The molecule has 2 aliphatic heterocycles. The number of piperazine rings is 1. The Kier molecular flexibility index (Phi) is 6.90. The number of hydrogen-bond acceptors (Lipinski definition) is 5. The molecule has 1 unspecified atom stereocenters. The van der Waals surface area contributed by atoms with E-state index in [0.717, 1.165) is 11.1 Å². The van der Waals surface area contributed by atoms with Crippen molar-refractivity contribution in [2.24, 2.45) is 0 Å². The average Bonchev–Trinajstić information content (AvgIpc) is 3.30. The Morgan fingerprint density at radius 2 is 1.52 bits per heavy atom. The van der Waals surface area contributed by atoms with Gasteiger partial charge in [-0.3, -0.25) is 4.79 Å². The van der Waals surface area contributed by atoms with Gasteiger partial charge in [-0.1, -0.05) is 48.0 Å². The van der Waals surface area contributed by atoms with E-state index in [4.69, 9.17) is 0 Å². The van der Waals surface area contributed by atoms with Crippen LogP contribution in [0.2, 0.25) is 0 Å². The van der Waals surface area contributed by atoms with E-state index in [-0.39, 0.29) is 42.7 Å². The maximum absolute atomic E-state index is 13.2. The van der Waals surface area contributed by atoms with Crippen LogP contribution in [0, 0.1) is 6.92 Å². The molecular formula is C23H29N3O5S2. The Morgan fingerprint density at radius 3 is 2.15 bits per heavy atom. The number of nitrogens with zero attached hydrogens (tertiary/aromatic N) is 3. The lowest BCUT2D eigenvalue weighted by Gasteiger charge is -2.36. The van der Waals surface area contributed by atoms with Gasteiger partial charge >= 0.3 is 0 Å². The fourth-order valence-corrected chi connectivity index (χ4v) is 7.56. The van der Waals surface area contributed by atoms with E-state index < -0.39 is 26.1 Å². The van der Waals surface area contributed by atoms with Crippen molar-refractivity contribution in [1.82, 2.24) is 13.5 Å². The number of carbonyl (C=O) groups is 1. The topological polar surface area (TPSA) is 95.1 Å². The number of rotatable bonds is 6. The summed E-state index contributed by atoms with van der Waals surface area (Å²) in [5, 5.41) is 0. The molecule has 0 aliphatic carbocycles. The van der Waals surface area contributed by atoms with Crippen LogP contribution in [0.3, 0.4) is 0 Å². The standard InChI is InChI=1S/C23H29N3O5S2/c1-19-9-11-21(12-10-19)33(30,31)26-13-5-8-22(26)23(27)24-14-16-25(17-15-24)32(28,29)18-20-6-3-2-4-7-20/h2-4,6-7,9-12,22H,5,8,13-18H2,1H3. The smallest absolute Gasteiger partial charge is 0.243 e. The largest absolute Gasteiger partial charge is 0.339 e. The quantitative estimate of drug-likeness (QED) is 0.614. The fraction of sp³-hybridized carbons (Fsp3) is 0.435. The highest BCUT2D eigenvalue weighted by Crippen LogP contribution is 2.28. The van der Waals surface area contributed by atoms with E-state index in [9.17, 15) is 21.6 Å². The number of aryl methyl sites for hydroxylation is 1. The van der Waals surface area contributed by atoms with E-state index in [1.165, 1.54) is 8.61 Å². The first-order valence-electron chi connectivity index (χ1n) is 11.1. The molecule has 0 saturated carbocycles. The van der Waals surface area contributed by atoms with Crippen molar-refractivity contribution in [3.63, 3.8) is 0 Å². The average molecular weight is 492 g/mol. The Bertz CT molecular complexity index is 1190. The lowest BCUT2D eigenvalue weighted by atomic mass is 10.2. The molecule has 2 aromatic carbocycles. The molecule has 2 saturated heterocycles. The van der Waals surface area contributed by atoms with Gasteiger partial charge < -0.3 is 4.90 Å². The van der Waals surface area contributed by atoms with Gasteiger partial charge in [0, 0.05) is 32.7 Å². The van der Waals surface area contributed by atoms with E-state index >= 15 is 0 Å². The Balaban J connectivity index is 1.41. The molecule has 2 fully saturated rings. The molecule has 8 nitrogen and oxygen atoms in total. The maximum Gasteiger partial charge on any atom is 0.243 e. The maximum atomic E-state index is 13.2. The van der Waals surface area contributed by atoms with Crippen molar-refractivity contribution in [3.05, 3.63) is 65.7 Å². The minimum atomic E-state index is -3.78. The second kappa shape index (κ2) is 9.54. The van der Waals surface area contributed by atoms with E-state index in [2.05, 4.69) is 0 Å². The van der Waals surface area contributed by atoms with Gasteiger partial charge in [0.15, 0.2) is 0 Å². The zero-order valence-corrected chi connectivity index (χ0v) is 20.3. The number of benzene rings is 2. The van der Waals surface area contributed by atoms with Crippen LogP contribution in [0.25, 0.3) is 0 Å². The molecule has 4 rings (SSSR count). The molecule has 33 heavy (non-hydrogen) atoms. The highest BCUT2D eigenvalue weighted by atomic mass is 32.2. The zero-order chi connectivity index (χ0) is 23.6. The monoisotopic (exact) mass is 491 g/mol. The number of hydrogen-bond donors (Lipinski definition) is 0. The fourth-order valence-electron chi connectivity index (χ4n) is 4.39. The number of sulfonamides is 2. The summed E-state index contributed by atoms with van der Waals surface area (Å²) in [5.74, 6) is -0.323. The first-order valence-corrected chi connectivity index (χ1v) is 14.1. The predicted octanol–water partition coefficient (Wildman–Crippen LogP) is 1.82. The molecule has 10 heteroatoms. The van der Waals surface area contributed by atoms with Gasteiger partial charge in [0.25, 0.3) is 0 Å². The molecule has 1 amide bonds. The molecule has 0 N–H and O–H groups in total. The summed E-state index contributed by atoms with van der Waals surface area (Å²) in [6.45, 7) is 3.11. The molecule has 1 atom stereocenters. The minimum Gasteiger partial charge on any atom is -0.339 e. The van der Waals surface area contributed by atoms with Crippen LogP contribution in [0.4, 0.5) is 0 Å². The van der Waals surface area contributed by atoms with Crippen molar-refractivity contribution in [3.8, 4) is 0 Å². The van der Waals surface area contributed by atoms with Crippen molar-refractivity contribution in [2.75, 3.05) is 32.7 Å². The van der Waals surface area contributed by atoms with Crippen LogP contribution >= 0.6 is 0 Å². The van der Waals surface area contributed by atoms with Crippen LogP contribution in [0.5, 0.6) is 0 Å². The zero-order valence-electron chi connectivity index (χ0n) is 18.6. The van der Waals surface area contributed by atoms with Gasteiger partial charge in [-0.25, -0.2) is 16.8 Å². The van der Waals surface area contributed by atoms with Gasteiger partial charge in [-0.15, -0.1) is 0 Å². The first kappa shape index (κ1) is 23.9. The summed E-state index contributed by atoms with van der Waals surface area (Å²) in [6.07, 6.45) is 1.09. The van der Waals surface area contributed by atoms with E-state index in [0.29, 0.717) is 19.4 Å². The molecule has 0 aromatic heterocycles. The lowest BCUT2D eigenvalue weighted by molar-refractivity contribution is -0.135. The van der Waals surface area contributed by atoms with Gasteiger partial charge in [0.1, 0.15) is 6.04 Å². The molecular weight excluding hydrogens is 462 g/mol. The van der Waals surface area contributed by atoms with Crippen LogP contribution in [-0.2, 0) is 30.6 Å². The normalized spacial score (nSPS) is 20.8. The van der Waals surface area contributed by atoms with Gasteiger partial charge in [0.05, 0.1) is 10.6 Å². The second-order valence-corrected chi connectivity index (χ2v) is 12.4. The molecule has 2 aliphatic rings. The van der Waals surface area contributed by atoms with Crippen molar-refractivity contribution in [2.45, 2.75) is 36.5 Å². The number of carbonyl (C=O) groups excluding carboxylic acids is 1. The van der Waals surface area contributed by atoms with Crippen LogP contribution in [-0.4, -0.2) is 75.0 Å². The van der Waals surface area contributed by atoms with Crippen molar-refractivity contribution in [1.29, 1.82) is 0 Å². The van der Waals surface area contributed by atoms with Crippen LogP contribution in [0.1, 0.15) is 24.0 Å². The van der Waals surface area contributed by atoms with Crippen LogP contribution in [0.15, 0.2) is 59.5 Å². The highest BCUT2D eigenvalue weighted by Gasteiger charge is 2.42. The molecule has 0 spiro atoms. The summed E-state index contributed by atoms with van der Waals surface area (Å²) in [5.41, 5.74) is 1.68. The summed E-state index contributed by atoms with van der Waals surface area (Å²) in [4.78, 5) is 15.0. The molecule has 0 bridgehead atoms. The Labute approximate surface area is 195 Å². The van der Waals surface area contributed by atoms with Gasteiger partial charge in [-0.2, -0.15) is 8.61 Å². The molecule has 0 radical (unpaired) electrons. The summed E-state index contributed by atoms with van der Waals surface area (Å²) in [7, 11) is -7.27. The third-order valence-corrected chi connectivity index (χ3v) is 10.0. The lowest BCUT2D eigenvalue weighted by Crippen LogP contribution is -2.55. The molecule has 2 heterocycles. The third kappa shape index (κ3) is 5.13. The Hall–Kier alpha value is -2.27. The minimum absolute atomic E-state index is 0.0764. The summed E-state index contributed by atoms with van der Waals surface area (Å²) >= 11 is 0. The predicted molar refractivity (Wildman–Crippen MR) is 125 cm³/mol. The first-order chi connectivity index (χ1) is 15.7.